The minimum absolute atomic E-state index is 0.107. The molecule has 0 saturated carbocycles. The number of carbonyl (C=O) groups is 1. The number of carbonyl (C=O) groups excluding carboxylic acids is 1. The van der Waals surface area contributed by atoms with Gasteiger partial charge in [-0.15, -0.1) is 0 Å². The number of methoxy groups -OCH3 is 1. The minimum Gasteiger partial charge on any atom is -0.494 e. The maximum atomic E-state index is 13.1. The van der Waals surface area contributed by atoms with Crippen LogP contribution in [0.25, 0.3) is 0 Å². The molecule has 0 amide bonds. The summed E-state index contributed by atoms with van der Waals surface area (Å²) in [7, 11) is 1.48. The fourth-order valence-electron chi connectivity index (χ4n) is 4.22. The second-order valence-corrected chi connectivity index (χ2v) is 9.63. The third-order valence-corrected chi connectivity index (χ3v) is 6.48. The van der Waals surface area contributed by atoms with E-state index in [-0.39, 0.29) is 35.7 Å². The van der Waals surface area contributed by atoms with Crippen LogP contribution in [0.1, 0.15) is 72.3 Å². The number of aliphatic hydroxyl groups is 1. The van der Waals surface area contributed by atoms with E-state index < -0.39 is 6.10 Å². The van der Waals surface area contributed by atoms with Gasteiger partial charge in [-0.1, -0.05) is 72.2 Å². The number of allylic oxidation sites excluding steroid dienone is 7. The molecule has 0 aliphatic heterocycles. The number of Topliss-reactive ketones (excluding diaryl/α,β-unsaturated/α-hetero) is 1. The van der Waals surface area contributed by atoms with Gasteiger partial charge in [-0.25, -0.2) is 0 Å². The van der Waals surface area contributed by atoms with Crippen molar-refractivity contribution < 1.29 is 19.4 Å². The van der Waals surface area contributed by atoms with Crippen LogP contribution in [-0.2, 0) is 20.9 Å². The van der Waals surface area contributed by atoms with Gasteiger partial charge in [-0.05, 0) is 65.4 Å². The molecule has 0 bridgehead atoms. The van der Waals surface area contributed by atoms with Crippen molar-refractivity contribution in [3.63, 3.8) is 0 Å². The summed E-state index contributed by atoms with van der Waals surface area (Å²) in [5.74, 6) is -0.296. The third-order valence-electron chi connectivity index (χ3n) is 6.48. The first-order valence-corrected chi connectivity index (χ1v) is 12.4. The number of ether oxygens (including phenoxy) is 2. The molecule has 0 aromatic heterocycles. The summed E-state index contributed by atoms with van der Waals surface area (Å²) >= 11 is 0. The summed E-state index contributed by atoms with van der Waals surface area (Å²) in [4.78, 5) is 13.1. The van der Waals surface area contributed by atoms with Crippen molar-refractivity contribution >= 4 is 5.78 Å². The SMILES string of the molecule is COC1=C(OCc2ccccc2)C(=O)C(C)C(C/C=C(\C)CC/C=C(\C)CCC=C(C)C)C1O. The van der Waals surface area contributed by atoms with Gasteiger partial charge in [0.2, 0.25) is 11.5 Å². The predicted octanol–water partition coefficient (Wildman–Crippen LogP) is 7.07. The molecule has 3 unspecified atom stereocenters. The Kier molecular flexibility index (Phi) is 11.4. The normalized spacial score (nSPS) is 21.5. The Hall–Kier alpha value is -2.59. The molecule has 34 heavy (non-hydrogen) atoms. The second kappa shape index (κ2) is 14.0. The Morgan fingerprint density at radius 1 is 0.971 bits per heavy atom. The molecule has 186 valence electrons. The largest absolute Gasteiger partial charge is 0.494 e. The van der Waals surface area contributed by atoms with E-state index in [1.807, 2.05) is 37.3 Å². The quantitative estimate of drug-likeness (QED) is 0.335. The zero-order valence-electron chi connectivity index (χ0n) is 21.8. The van der Waals surface area contributed by atoms with Crippen LogP contribution < -0.4 is 0 Å². The van der Waals surface area contributed by atoms with E-state index in [1.54, 1.807) is 0 Å². The highest BCUT2D eigenvalue weighted by Gasteiger charge is 2.42. The number of aliphatic hydroxyl groups excluding tert-OH is 1. The van der Waals surface area contributed by atoms with Crippen molar-refractivity contribution in [2.75, 3.05) is 7.11 Å². The van der Waals surface area contributed by atoms with Gasteiger partial charge in [0.1, 0.15) is 12.7 Å². The lowest BCUT2D eigenvalue weighted by molar-refractivity contribution is -0.129. The van der Waals surface area contributed by atoms with Crippen LogP contribution in [0.15, 0.2) is 76.8 Å². The average Bonchev–Trinajstić information content (AvgIpc) is 2.80. The van der Waals surface area contributed by atoms with Gasteiger partial charge in [-0.3, -0.25) is 4.79 Å². The molecule has 4 heteroatoms. The molecule has 3 atom stereocenters. The highest BCUT2D eigenvalue weighted by molar-refractivity contribution is 5.97. The molecule has 0 radical (unpaired) electrons. The van der Waals surface area contributed by atoms with Crippen molar-refractivity contribution in [3.05, 3.63) is 82.4 Å². The summed E-state index contributed by atoms with van der Waals surface area (Å²) in [6.07, 6.45) is 10.7. The topological polar surface area (TPSA) is 55.8 Å². The van der Waals surface area contributed by atoms with Gasteiger partial charge in [0.15, 0.2) is 5.76 Å². The molecule has 1 aliphatic carbocycles. The highest BCUT2D eigenvalue weighted by Crippen LogP contribution is 2.36. The highest BCUT2D eigenvalue weighted by atomic mass is 16.5. The molecule has 1 aliphatic rings. The molecule has 4 nitrogen and oxygen atoms in total. The number of rotatable bonds is 12. The fourth-order valence-corrected chi connectivity index (χ4v) is 4.22. The number of benzene rings is 1. The van der Waals surface area contributed by atoms with Crippen molar-refractivity contribution in [2.24, 2.45) is 11.8 Å². The first kappa shape index (κ1) is 27.7. The molecule has 0 heterocycles. The Morgan fingerprint density at radius 2 is 1.59 bits per heavy atom. The average molecular weight is 467 g/mol. The molecule has 0 spiro atoms. The summed E-state index contributed by atoms with van der Waals surface area (Å²) in [6.45, 7) is 10.7. The summed E-state index contributed by atoms with van der Waals surface area (Å²) in [6, 6.07) is 9.67. The first-order valence-electron chi connectivity index (χ1n) is 12.4. The molecule has 1 aromatic carbocycles. The minimum atomic E-state index is -0.871. The van der Waals surface area contributed by atoms with Gasteiger partial charge in [0, 0.05) is 11.8 Å². The van der Waals surface area contributed by atoms with E-state index in [9.17, 15) is 9.90 Å². The molecule has 1 N–H and O–H groups in total. The molecule has 2 rings (SSSR count). The van der Waals surface area contributed by atoms with Crippen LogP contribution in [0.2, 0.25) is 0 Å². The summed E-state index contributed by atoms with van der Waals surface area (Å²) < 4.78 is 11.3. The van der Waals surface area contributed by atoms with Crippen LogP contribution >= 0.6 is 0 Å². The standard InChI is InChI=1S/C30H42O4/c1-21(2)12-10-13-22(3)14-11-15-23(4)18-19-26-24(5)27(31)30(29(33-6)28(26)32)34-20-25-16-8-7-9-17-25/h7-9,12,14,16-18,24,26,28,32H,10-11,13,15,19-20H2,1-6H3/b22-14+,23-18+. The van der Waals surface area contributed by atoms with Crippen LogP contribution in [0.4, 0.5) is 0 Å². The van der Waals surface area contributed by atoms with E-state index in [4.69, 9.17) is 9.47 Å². The summed E-state index contributed by atoms with van der Waals surface area (Å²) in [5.41, 5.74) is 5.02. The first-order chi connectivity index (χ1) is 16.2. The Balaban J connectivity index is 1.97. The monoisotopic (exact) mass is 466 g/mol. The van der Waals surface area contributed by atoms with Crippen molar-refractivity contribution in [2.45, 2.75) is 79.4 Å². The van der Waals surface area contributed by atoms with Crippen LogP contribution in [0, 0.1) is 11.8 Å². The van der Waals surface area contributed by atoms with Gasteiger partial charge in [0.05, 0.1) is 7.11 Å². The van der Waals surface area contributed by atoms with Gasteiger partial charge in [-0.2, -0.15) is 0 Å². The maximum Gasteiger partial charge on any atom is 0.204 e. The summed E-state index contributed by atoms with van der Waals surface area (Å²) in [5, 5.41) is 11.0. The molecule has 0 saturated heterocycles. The molecular formula is C30H42O4. The van der Waals surface area contributed by atoms with E-state index in [1.165, 1.54) is 23.8 Å². The van der Waals surface area contributed by atoms with Gasteiger partial charge < -0.3 is 14.6 Å². The molecular weight excluding hydrogens is 424 g/mol. The van der Waals surface area contributed by atoms with Crippen LogP contribution in [0.5, 0.6) is 0 Å². The van der Waals surface area contributed by atoms with Crippen molar-refractivity contribution in [1.82, 2.24) is 0 Å². The van der Waals surface area contributed by atoms with E-state index in [0.29, 0.717) is 6.42 Å². The van der Waals surface area contributed by atoms with E-state index in [0.717, 1.165) is 31.2 Å². The second-order valence-electron chi connectivity index (χ2n) is 9.63. The fraction of sp³-hybridized carbons (Fsp3) is 0.500. The molecule has 0 fully saturated rings. The lowest BCUT2D eigenvalue weighted by atomic mass is 9.77. The lowest BCUT2D eigenvalue weighted by Gasteiger charge is -2.34. The smallest absolute Gasteiger partial charge is 0.204 e. The molecule has 1 aromatic rings. The lowest BCUT2D eigenvalue weighted by Crippen LogP contribution is -2.40. The van der Waals surface area contributed by atoms with Crippen LogP contribution in [-0.4, -0.2) is 24.1 Å². The zero-order chi connectivity index (χ0) is 25.1. The number of ketones is 1. The van der Waals surface area contributed by atoms with Gasteiger partial charge >= 0.3 is 0 Å². The van der Waals surface area contributed by atoms with Crippen LogP contribution in [0.3, 0.4) is 0 Å². The Labute approximate surface area is 206 Å². The zero-order valence-corrected chi connectivity index (χ0v) is 21.8. The van der Waals surface area contributed by atoms with E-state index >= 15 is 0 Å². The van der Waals surface area contributed by atoms with Gasteiger partial charge in [0.25, 0.3) is 0 Å². The Bertz CT molecular complexity index is 916. The van der Waals surface area contributed by atoms with Crippen molar-refractivity contribution in [3.8, 4) is 0 Å². The number of hydrogen-bond acceptors (Lipinski definition) is 4. The Morgan fingerprint density at radius 3 is 2.21 bits per heavy atom. The predicted molar refractivity (Wildman–Crippen MR) is 139 cm³/mol. The number of hydrogen-bond donors (Lipinski definition) is 1. The van der Waals surface area contributed by atoms with E-state index in [2.05, 4.69) is 45.9 Å². The maximum absolute atomic E-state index is 13.1. The third kappa shape index (κ3) is 8.32. The van der Waals surface area contributed by atoms with Crippen molar-refractivity contribution in [1.29, 1.82) is 0 Å².